The lowest BCUT2D eigenvalue weighted by Gasteiger charge is -2.09. The summed E-state index contributed by atoms with van der Waals surface area (Å²) in [5, 5.41) is 0. The van der Waals surface area contributed by atoms with E-state index >= 15 is 0 Å². The molecule has 0 bridgehead atoms. The SMILES string of the molecule is NCCc1cc(F)c(Oc2ccccc2)c(F)c1. The Hall–Kier alpha value is -1.94. The minimum absolute atomic E-state index is 0.345. The maximum atomic E-state index is 13.7. The zero-order valence-electron chi connectivity index (χ0n) is 9.70. The van der Waals surface area contributed by atoms with Gasteiger partial charge in [-0.1, -0.05) is 18.2 Å². The zero-order chi connectivity index (χ0) is 13.0. The van der Waals surface area contributed by atoms with Crippen molar-refractivity contribution in [2.24, 2.45) is 5.73 Å². The van der Waals surface area contributed by atoms with Crippen molar-refractivity contribution in [3.63, 3.8) is 0 Å². The molecule has 0 aromatic heterocycles. The summed E-state index contributed by atoms with van der Waals surface area (Å²) in [6.45, 7) is 0.345. The highest BCUT2D eigenvalue weighted by Crippen LogP contribution is 2.28. The van der Waals surface area contributed by atoms with Gasteiger partial charge in [-0.3, -0.25) is 0 Å². The van der Waals surface area contributed by atoms with Crippen molar-refractivity contribution in [3.8, 4) is 11.5 Å². The summed E-state index contributed by atoms with van der Waals surface area (Å²) in [6, 6.07) is 11.0. The second-order valence-corrected chi connectivity index (χ2v) is 3.84. The monoisotopic (exact) mass is 249 g/mol. The van der Waals surface area contributed by atoms with Gasteiger partial charge < -0.3 is 10.5 Å². The fraction of sp³-hybridized carbons (Fsp3) is 0.143. The molecule has 0 saturated heterocycles. The Morgan fingerprint density at radius 2 is 1.61 bits per heavy atom. The zero-order valence-corrected chi connectivity index (χ0v) is 9.70. The number of para-hydroxylation sites is 1. The normalized spacial score (nSPS) is 10.4. The van der Waals surface area contributed by atoms with Gasteiger partial charge in [-0.25, -0.2) is 8.78 Å². The minimum atomic E-state index is -0.720. The lowest BCUT2D eigenvalue weighted by Crippen LogP contribution is -2.04. The number of rotatable bonds is 4. The molecule has 2 rings (SSSR count). The van der Waals surface area contributed by atoms with Gasteiger partial charge in [0, 0.05) is 0 Å². The lowest BCUT2D eigenvalue weighted by atomic mass is 10.1. The molecular formula is C14H13F2NO. The van der Waals surface area contributed by atoms with Crippen LogP contribution in [0.2, 0.25) is 0 Å². The number of halogens is 2. The first kappa shape index (κ1) is 12.5. The predicted molar refractivity (Wildman–Crippen MR) is 65.6 cm³/mol. The van der Waals surface area contributed by atoms with Crippen LogP contribution in [-0.2, 0) is 6.42 Å². The highest BCUT2D eigenvalue weighted by molar-refractivity contribution is 5.35. The topological polar surface area (TPSA) is 35.2 Å². The van der Waals surface area contributed by atoms with Gasteiger partial charge in [0.05, 0.1) is 0 Å². The smallest absolute Gasteiger partial charge is 0.198 e. The Morgan fingerprint density at radius 3 is 2.17 bits per heavy atom. The molecule has 0 saturated carbocycles. The second kappa shape index (κ2) is 5.60. The summed E-state index contributed by atoms with van der Waals surface area (Å²) >= 11 is 0. The Morgan fingerprint density at radius 1 is 1.00 bits per heavy atom. The van der Waals surface area contributed by atoms with Crippen molar-refractivity contribution in [3.05, 3.63) is 59.7 Å². The van der Waals surface area contributed by atoms with E-state index in [1.54, 1.807) is 30.3 Å². The molecule has 0 fully saturated rings. The Balaban J connectivity index is 2.28. The Kier molecular flexibility index (Phi) is 3.89. The van der Waals surface area contributed by atoms with Gasteiger partial charge in [-0.05, 0) is 42.8 Å². The average Bonchev–Trinajstić information content (AvgIpc) is 2.36. The van der Waals surface area contributed by atoms with Gasteiger partial charge in [0.2, 0.25) is 0 Å². The van der Waals surface area contributed by atoms with E-state index < -0.39 is 11.6 Å². The van der Waals surface area contributed by atoms with Crippen LogP contribution in [0.4, 0.5) is 8.78 Å². The molecule has 18 heavy (non-hydrogen) atoms. The molecule has 2 N–H and O–H groups in total. The summed E-state index contributed by atoms with van der Waals surface area (Å²) in [6.07, 6.45) is 0.430. The first-order valence-electron chi connectivity index (χ1n) is 5.61. The van der Waals surface area contributed by atoms with Crippen molar-refractivity contribution in [1.82, 2.24) is 0 Å². The fourth-order valence-electron chi connectivity index (χ4n) is 1.63. The van der Waals surface area contributed by atoms with Gasteiger partial charge in [0.25, 0.3) is 0 Å². The molecule has 4 heteroatoms. The molecule has 0 amide bonds. The number of hydrogen-bond donors (Lipinski definition) is 1. The number of benzene rings is 2. The van der Waals surface area contributed by atoms with Crippen LogP contribution < -0.4 is 10.5 Å². The summed E-state index contributed by atoms with van der Waals surface area (Å²) in [5.74, 6) is -1.44. The van der Waals surface area contributed by atoms with Crippen LogP contribution in [-0.4, -0.2) is 6.54 Å². The highest BCUT2D eigenvalue weighted by atomic mass is 19.1. The van der Waals surface area contributed by atoms with Crippen LogP contribution in [0.15, 0.2) is 42.5 Å². The summed E-state index contributed by atoms with van der Waals surface area (Å²) in [5.41, 5.74) is 5.87. The second-order valence-electron chi connectivity index (χ2n) is 3.84. The molecule has 0 aliphatic carbocycles. The minimum Gasteiger partial charge on any atom is -0.451 e. The van der Waals surface area contributed by atoms with E-state index in [4.69, 9.17) is 10.5 Å². The average molecular weight is 249 g/mol. The number of hydrogen-bond acceptors (Lipinski definition) is 2. The van der Waals surface area contributed by atoms with Crippen molar-refractivity contribution >= 4 is 0 Å². The lowest BCUT2D eigenvalue weighted by molar-refractivity contribution is 0.406. The van der Waals surface area contributed by atoms with Crippen molar-refractivity contribution < 1.29 is 13.5 Å². The van der Waals surface area contributed by atoms with Crippen LogP contribution >= 0.6 is 0 Å². The Labute approximate surface area is 104 Å². The summed E-state index contributed by atoms with van der Waals surface area (Å²) in [4.78, 5) is 0. The molecular weight excluding hydrogens is 236 g/mol. The standard InChI is InChI=1S/C14H13F2NO/c15-12-8-10(6-7-17)9-13(16)14(12)18-11-4-2-1-3-5-11/h1-5,8-9H,6-7,17H2. The number of ether oxygens (including phenoxy) is 1. The molecule has 0 radical (unpaired) electrons. The molecule has 2 aromatic carbocycles. The molecule has 94 valence electrons. The number of nitrogens with two attached hydrogens (primary N) is 1. The largest absolute Gasteiger partial charge is 0.451 e. The first-order chi connectivity index (χ1) is 8.70. The van der Waals surface area contributed by atoms with Crippen molar-refractivity contribution in [2.75, 3.05) is 6.54 Å². The molecule has 0 spiro atoms. The van der Waals surface area contributed by atoms with Gasteiger partial charge in [-0.2, -0.15) is 0 Å². The molecule has 2 aromatic rings. The van der Waals surface area contributed by atoms with Crippen LogP contribution in [0.1, 0.15) is 5.56 Å². The Bertz CT molecular complexity index is 506. The van der Waals surface area contributed by atoms with Crippen molar-refractivity contribution in [2.45, 2.75) is 6.42 Å². The predicted octanol–water partition coefficient (Wildman–Crippen LogP) is 3.26. The van der Waals surface area contributed by atoms with Gasteiger partial charge in [0.15, 0.2) is 17.4 Å². The van der Waals surface area contributed by atoms with E-state index in [0.717, 1.165) is 0 Å². The van der Waals surface area contributed by atoms with Gasteiger partial charge >= 0.3 is 0 Å². The fourth-order valence-corrected chi connectivity index (χ4v) is 1.63. The third-order valence-electron chi connectivity index (χ3n) is 2.45. The van der Waals surface area contributed by atoms with Crippen molar-refractivity contribution in [1.29, 1.82) is 0 Å². The van der Waals surface area contributed by atoms with Crippen LogP contribution in [0.25, 0.3) is 0 Å². The van der Waals surface area contributed by atoms with E-state index in [1.165, 1.54) is 12.1 Å². The third kappa shape index (κ3) is 2.84. The molecule has 0 aliphatic rings. The van der Waals surface area contributed by atoms with Crippen LogP contribution in [0.3, 0.4) is 0 Å². The molecule has 0 unspecified atom stereocenters. The molecule has 0 heterocycles. The molecule has 2 nitrogen and oxygen atoms in total. The van der Waals surface area contributed by atoms with Gasteiger partial charge in [0.1, 0.15) is 5.75 Å². The van der Waals surface area contributed by atoms with Crippen LogP contribution in [0.5, 0.6) is 11.5 Å². The highest BCUT2D eigenvalue weighted by Gasteiger charge is 2.13. The summed E-state index contributed by atoms with van der Waals surface area (Å²) < 4.78 is 32.6. The maximum Gasteiger partial charge on any atom is 0.198 e. The van der Waals surface area contributed by atoms with E-state index in [2.05, 4.69) is 0 Å². The van der Waals surface area contributed by atoms with E-state index in [0.29, 0.717) is 24.3 Å². The summed E-state index contributed by atoms with van der Waals surface area (Å²) in [7, 11) is 0. The van der Waals surface area contributed by atoms with Gasteiger partial charge in [-0.15, -0.1) is 0 Å². The maximum absolute atomic E-state index is 13.7. The quantitative estimate of drug-likeness (QED) is 0.902. The van der Waals surface area contributed by atoms with E-state index in [1.807, 2.05) is 0 Å². The first-order valence-corrected chi connectivity index (χ1v) is 5.61. The van der Waals surface area contributed by atoms with E-state index in [9.17, 15) is 8.78 Å². The van der Waals surface area contributed by atoms with E-state index in [-0.39, 0.29) is 5.75 Å². The van der Waals surface area contributed by atoms with Crippen LogP contribution in [0, 0.1) is 11.6 Å². The molecule has 0 aliphatic heterocycles. The molecule has 0 atom stereocenters. The third-order valence-corrected chi connectivity index (χ3v) is 2.45.